The number of nitrogens with zero attached hydrogens (tertiary/aromatic N) is 1. The van der Waals surface area contributed by atoms with Crippen LogP contribution in [0.3, 0.4) is 0 Å². The molecule has 1 heterocycles. The number of likely N-dealkylation sites (tertiary alicyclic amines) is 1. The molecule has 1 saturated heterocycles. The first-order chi connectivity index (χ1) is 8.00. The van der Waals surface area contributed by atoms with E-state index in [9.17, 15) is 5.11 Å². The fraction of sp³-hybridized carbons (Fsp3) is 1.00. The van der Waals surface area contributed by atoms with Crippen LogP contribution in [0.2, 0.25) is 0 Å². The molecule has 1 fully saturated rings. The van der Waals surface area contributed by atoms with Gasteiger partial charge in [-0.15, -0.1) is 0 Å². The van der Waals surface area contributed by atoms with Gasteiger partial charge in [-0.2, -0.15) is 0 Å². The van der Waals surface area contributed by atoms with Crippen molar-refractivity contribution in [3.63, 3.8) is 0 Å². The first-order valence-corrected chi connectivity index (χ1v) is 7.12. The monoisotopic (exact) mass is 242 g/mol. The topological polar surface area (TPSA) is 35.5 Å². The molecule has 0 saturated carbocycles. The highest BCUT2D eigenvalue weighted by molar-refractivity contribution is 4.84. The van der Waals surface area contributed by atoms with Gasteiger partial charge in [-0.05, 0) is 30.7 Å². The standard InChI is InChI=1S/C14H30N2O/c1-5-14(4,10-15-6-2)11-16-8-7-13(17)12(3)9-16/h12-13,15,17H,5-11H2,1-4H3. The molecule has 0 bridgehead atoms. The number of aliphatic hydroxyl groups excluding tert-OH is 1. The van der Waals surface area contributed by atoms with Gasteiger partial charge in [-0.25, -0.2) is 0 Å². The van der Waals surface area contributed by atoms with Crippen LogP contribution in [0.4, 0.5) is 0 Å². The summed E-state index contributed by atoms with van der Waals surface area (Å²) in [7, 11) is 0. The Morgan fingerprint density at radius 1 is 1.41 bits per heavy atom. The summed E-state index contributed by atoms with van der Waals surface area (Å²) in [4.78, 5) is 2.53. The fourth-order valence-corrected chi connectivity index (χ4v) is 2.62. The van der Waals surface area contributed by atoms with Gasteiger partial charge in [0, 0.05) is 26.2 Å². The average molecular weight is 242 g/mol. The smallest absolute Gasteiger partial charge is 0.0590 e. The Bertz CT molecular complexity index is 222. The van der Waals surface area contributed by atoms with Gasteiger partial charge in [0.1, 0.15) is 0 Å². The maximum Gasteiger partial charge on any atom is 0.0590 e. The van der Waals surface area contributed by atoms with Crippen molar-refractivity contribution in [2.24, 2.45) is 11.3 Å². The summed E-state index contributed by atoms with van der Waals surface area (Å²) in [5, 5.41) is 13.2. The Hall–Kier alpha value is -0.120. The molecule has 0 aromatic rings. The Morgan fingerprint density at radius 3 is 2.65 bits per heavy atom. The summed E-state index contributed by atoms with van der Waals surface area (Å²) in [6, 6.07) is 0. The molecule has 0 amide bonds. The van der Waals surface area contributed by atoms with E-state index in [-0.39, 0.29) is 6.10 Å². The van der Waals surface area contributed by atoms with Crippen LogP contribution in [0.25, 0.3) is 0 Å². The highest BCUT2D eigenvalue weighted by Crippen LogP contribution is 2.25. The average Bonchev–Trinajstić information content (AvgIpc) is 2.31. The number of hydrogen-bond acceptors (Lipinski definition) is 3. The van der Waals surface area contributed by atoms with E-state index in [1.165, 1.54) is 6.42 Å². The minimum atomic E-state index is -0.0899. The molecule has 1 aliphatic heterocycles. The number of hydrogen-bond donors (Lipinski definition) is 2. The maximum atomic E-state index is 9.75. The molecule has 3 atom stereocenters. The molecule has 1 rings (SSSR count). The second-order valence-electron chi connectivity index (χ2n) is 6.01. The zero-order chi connectivity index (χ0) is 12.9. The summed E-state index contributed by atoms with van der Waals surface area (Å²) < 4.78 is 0. The quantitative estimate of drug-likeness (QED) is 0.744. The van der Waals surface area contributed by atoms with Crippen molar-refractivity contribution < 1.29 is 5.11 Å². The van der Waals surface area contributed by atoms with E-state index in [1.807, 2.05) is 0 Å². The van der Waals surface area contributed by atoms with Crippen molar-refractivity contribution >= 4 is 0 Å². The first kappa shape index (κ1) is 14.9. The summed E-state index contributed by atoms with van der Waals surface area (Å²) in [5.74, 6) is 0.420. The first-order valence-electron chi connectivity index (χ1n) is 7.12. The van der Waals surface area contributed by atoms with Gasteiger partial charge in [0.15, 0.2) is 0 Å². The van der Waals surface area contributed by atoms with E-state index in [2.05, 4.69) is 37.9 Å². The minimum Gasteiger partial charge on any atom is -0.393 e. The predicted molar refractivity (Wildman–Crippen MR) is 73.2 cm³/mol. The third-order valence-corrected chi connectivity index (χ3v) is 4.20. The van der Waals surface area contributed by atoms with Crippen molar-refractivity contribution in [3.8, 4) is 0 Å². The molecule has 3 nitrogen and oxygen atoms in total. The summed E-state index contributed by atoms with van der Waals surface area (Å²) in [6.45, 7) is 14.3. The molecule has 3 heteroatoms. The third-order valence-electron chi connectivity index (χ3n) is 4.20. The molecule has 102 valence electrons. The largest absolute Gasteiger partial charge is 0.393 e. The molecular formula is C14H30N2O. The van der Waals surface area contributed by atoms with E-state index >= 15 is 0 Å². The molecule has 3 unspecified atom stereocenters. The molecule has 0 spiro atoms. The van der Waals surface area contributed by atoms with Crippen LogP contribution in [0.15, 0.2) is 0 Å². The van der Waals surface area contributed by atoms with E-state index in [0.29, 0.717) is 11.3 Å². The lowest BCUT2D eigenvalue weighted by Gasteiger charge is -2.40. The van der Waals surface area contributed by atoms with Crippen LogP contribution >= 0.6 is 0 Å². The molecule has 17 heavy (non-hydrogen) atoms. The molecule has 2 N–H and O–H groups in total. The van der Waals surface area contributed by atoms with E-state index in [1.54, 1.807) is 0 Å². The third kappa shape index (κ3) is 4.57. The Labute approximate surface area is 107 Å². The highest BCUT2D eigenvalue weighted by Gasteiger charge is 2.30. The molecule has 0 radical (unpaired) electrons. The zero-order valence-electron chi connectivity index (χ0n) is 12.0. The van der Waals surface area contributed by atoms with Gasteiger partial charge in [-0.3, -0.25) is 0 Å². The maximum absolute atomic E-state index is 9.75. The van der Waals surface area contributed by atoms with Crippen LogP contribution in [-0.2, 0) is 0 Å². The lowest BCUT2D eigenvalue weighted by Crippen LogP contribution is -2.48. The number of piperidine rings is 1. The summed E-state index contributed by atoms with van der Waals surface area (Å²) in [5.41, 5.74) is 0.359. The minimum absolute atomic E-state index is 0.0899. The number of rotatable bonds is 6. The SMILES string of the molecule is CCNCC(C)(CC)CN1CCC(O)C(C)C1. The van der Waals surface area contributed by atoms with Gasteiger partial charge in [0.2, 0.25) is 0 Å². The van der Waals surface area contributed by atoms with Crippen LogP contribution in [0.1, 0.15) is 40.5 Å². The van der Waals surface area contributed by atoms with Crippen molar-refractivity contribution in [2.45, 2.75) is 46.6 Å². The van der Waals surface area contributed by atoms with Gasteiger partial charge in [-0.1, -0.05) is 27.7 Å². The van der Waals surface area contributed by atoms with Crippen molar-refractivity contribution in [1.29, 1.82) is 0 Å². The van der Waals surface area contributed by atoms with Crippen LogP contribution in [-0.4, -0.2) is 48.8 Å². The molecule has 0 aromatic heterocycles. The Morgan fingerprint density at radius 2 is 2.12 bits per heavy atom. The molecule has 0 aromatic carbocycles. The predicted octanol–water partition coefficient (Wildman–Crippen LogP) is 1.71. The van der Waals surface area contributed by atoms with Crippen molar-refractivity contribution in [1.82, 2.24) is 10.2 Å². The Kier molecular flexibility index (Phi) is 5.90. The zero-order valence-corrected chi connectivity index (χ0v) is 12.0. The lowest BCUT2D eigenvalue weighted by atomic mass is 9.85. The lowest BCUT2D eigenvalue weighted by molar-refractivity contribution is 0.0181. The number of aliphatic hydroxyl groups is 1. The van der Waals surface area contributed by atoms with E-state index in [4.69, 9.17) is 0 Å². The van der Waals surface area contributed by atoms with Crippen molar-refractivity contribution in [2.75, 3.05) is 32.7 Å². The highest BCUT2D eigenvalue weighted by atomic mass is 16.3. The van der Waals surface area contributed by atoms with Gasteiger partial charge < -0.3 is 15.3 Å². The van der Waals surface area contributed by atoms with E-state index < -0.39 is 0 Å². The van der Waals surface area contributed by atoms with Gasteiger partial charge in [0.25, 0.3) is 0 Å². The summed E-state index contributed by atoms with van der Waals surface area (Å²) >= 11 is 0. The molecule has 0 aliphatic carbocycles. The van der Waals surface area contributed by atoms with Crippen molar-refractivity contribution in [3.05, 3.63) is 0 Å². The second-order valence-corrected chi connectivity index (χ2v) is 6.01. The van der Waals surface area contributed by atoms with Crippen LogP contribution in [0, 0.1) is 11.3 Å². The molecule has 1 aliphatic rings. The normalized spacial score (nSPS) is 30.2. The fourth-order valence-electron chi connectivity index (χ4n) is 2.62. The van der Waals surface area contributed by atoms with Crippen LogP contribution in [0.5, 0.6) is 0 Å². The number of nitrogens with one attached hydrogen (secondary N) is 1. The van der Waals surface area contributed by atoms with Gasteiger partial charge >= 0.3 is 0 Å². The summed E-state index contributed by atoms with van der Waals surface area (Å²) in [6.07, 6.45) is 2.04. The van der Waals surface area contributed by atoms with E-state index in [0.717, 1.165) is 39.1 Å². The Balaban J connectivity index is 2.45. The molecular weight excluding hydrogens is 212 g/mol. The van der Waals surface area contributed by atoms with Gasteiger partial charge in [0.05, 0.1) is 6.10 Å². The van der Waals surface area contributed by atoms with Crippen LogP contribution < -0.4 is 5.32 Å². The second kappa shape index (κ2) is 6.72.